The second-order valence-electron chi connectivity index (χ2n) is 11.4. The maximum atomic E-state index is 12.7. The predicted octanol–water partition coefficient (Wildman–Crippen LogP) is -4.97. The lowest BCUT2D eigenvalue weighted by molar-refractivity contribution is -0.312. The molecule has 0 radical (unpaired) electrons. The normalized spacial score (nSPS) is 38.9. The topological polar surface area (TPSA) is 290 Å². The van der Waals surface area contributed by atoms with Crippen LogP contribution in [-0.4, -0.2) is 149 Å². The van der Waals surface area contributed by atoms with E-state index < -0.39 is 78.8 Å². The van der Waals surface area contributed by atoms with Crippen molar-refractivity contribution < 1.29 is 49.3 Å². The molecule has 0 aromatic heterocycles. The zero-order valence-electron chi connectivity index (χ0n) is 24.4. The molecule has 2 aliphatic heterocycles. The van der Waals surface area contributed by atoms with Crippen LogP contribution in [0, 0.1) is 4.91 Å². The summed E-state index contributed by atoms with van der Waals surface area (Å²) in [5, 5.41) is 61.7. The highest BCUT2D eigenvalue weighted by atomic mass is 16.7. The third kappa shape index (κ3) is 8.77. The van der Waals surface area contributed by atoms with Crippen molar-refractivity contribution in [3.63, 3.8) is 0 Å². The minimum absolute atomic E-state index is 0.00402. The van der Waals surface area contributed by atoms with E-state index in [0.717, 1.165) is 5.01 Å². The van der Waals surface area contributed by atoms with Crippen LogP contribution in [0.1, 0.15) is 26.2 Å². The zero-order chi connectivity index (χ0) is 31.9. The Labute approximate surface area is 249 Å². The molecule has 1 aliphatic carbocycles. The lowest BCUT2D eigenvalue weighted by atomic mass is 9.83. The van der Waals surface area contributed by atoms with Gasteiger partial charge in [-0.2, -0.15) is 0 Å². The average molecular weight is 622 g/mol. The van der Waals surface area contributed by atoms with E-state index in [0.29, 0.717) is 25.3 Å². The fourth-order valence-electron chi connectivity index (χ4n) is 5.56. The first kappa shape index (κ1) is 35.4. The fourth-order valence-corrected chi connectivity index (χ4v) is 5.56. The monoisotopic (exact) mass is 621 g/mol. The number of hydrogen-bond acceptors (Lipinski definition) is 16. The number of likely N-dealkylation sites (N-methyl/N-ethyl adjacent to an activating group) is 1. The first-order valence-electron chi connectivity index (χ1n) is 14.3. The predicted molar refractivity (Wildman–Crippen MR) is 149 cm³/mol. The van der Waals surface area contributed by atoms with E-state index in [-0.39, 0.29) is 32.6 Å². The number of aliphatic hydroxyl groups excluding tert-OH is 4. The van der Waals surface area contributed by atoms with E-state index in [1.165, 1.54) is 14.0 Å². The van der Waals surface area contributed by atoms with Crippen LogP contribution in [0.2, 0.25) is 0 Å². The van der Waals surface area contributed by atoms with Crippen molar-refractivity contribution in [2.45, 2.75) is 99.1 Å². The summed E-state index contributed by atoms with van der Waals surface area (Å²) in [6.07, 6.45) is -7.39. The molecular weight excluding hydrogens is 574 g/mol. The fraction of sp³-hybridized carbons (Fsp3) is 0.880. The molecule has 0 bridgehead atoms. The van der Waals surface area contributed by atoms with Gasteiger partial charge in [-0.05, 0) is 38.8 Å². The van der Waals surface area contributed by atoms with Crippen molar-refractivity contribution in [2.24, 2.45) is 22.5 Å². The van der Waals surface area contributed by atoms with Crippen LogP contribution in [-0.2, 0) is 23.7 Å². The molecule has 0 spiro atoms. The molecule has 18 heteroatoms. The highest BCUT2D eigenvalue weighted by Gasteiger charge is 2.53. The number of aliphatic hydroxyl groups is 5. The zero-order valence-corrected chi connectivity index (χ0v) is 24.4. The Kier molecular flexibility index (Phi) is 13.0. The Morgan fingerprint density at radius 2 is 1.93 bits per heavy atom. The SMILES string of the molecule is CN(N=O)[C@@H]1[C@@H](O)[C@@H](O[C@@H]2[C@@H](O)[C@H](O[C@H]3OC(CNCCO)=CC[C@H]3N)[C@@H](N)C[C@H]2NC(=O)[C@@H](O)CCN)OC[C@]1(C)O. The second kappa shape index (κ2) is 15.8. The van der Waals surface area contributed by atoms with E-state index in [4.69, 9.17) is 41.3 Å². The van der Waals surface area contributed by atoms with Gasteiger partial charge in [0.15, 0.2) is 6.29 Å². The van der Waals surface area contributed by atoms with Crippen LogP contribution in [0.25, 0.3) is 0 Å². The molecule has 13 N–H and O–H groups in total. The Hall–Kier alpha value is -2.07. The first-order chi connectivity index (χ1) is 20.3. The maximum absolute atomic E-state index is 12.7. The first-order valence-corrected chi connectivity index (χ1v) is 14.3. The van der Waals surface area contributed by atoms with Crippen LogP contribution >= 0.6 is 0 Å². The lowest BCUT2D eigenvalue weighted by Gasteiger charge is -2.49. The Bertz CT molecular complexity index is 947. The van der Waals surface area contributed by atoms with Crippen LogP contribution in [0.15, 0.2) is 17.1 Å². The van der Waals surface area contributed by atoms with Crippen molar-refractivity contribution in [2.75, 3.05) is 39.9 Å². The molecule has 1 amide bonds. The van der Waals surface area contributed by atoms with Gasteiger partial charge in [-0.3, -0.25) is 9.80 Å². The molecule has 1 saturated carbocycles. The van der Waals surface area contributed by atoms with Crippen LogP contribution in [0.5, 0.6) is 0 Å². The van der Waals surface area contributed by atoms with Crippen molar-refractivity contribution >= 4 is 5.91 Å². The van der Waals surface area contributed by atoms with Gasteiger partial charge in [0, 0.05) is 19.6 Å². The van der Waals surface area contributed by atoms with E-state index in [1.54, 1.807) is 6.08 Å². The standard InChI is InChI=1S/C25H47N7O11/c1-25(38)11-40-24(18(36)21(25)32(2)31-39)43-20-15(30-22(37)16(34)5-6-26)9-14(28)19(17(20)35)42-23-13(27)4-3-12(41-23)10-29-7-8-33/h3,13-21,23-24,29,33-36,38H,4-11,26-28H2,1-2H3,(H,30,37)/t13-,14+,15-,16+,17+,18-,19-,20+,21-,23-,24-,25+/m1/s1. The largest absolute Gasteiger partial charge is 0.467 e. The smallest absolute Gasteiger partial charge is 0.249 e. The van der Waals surface area contributed by atoms with Gasteiger partial charge in [0.05, 0.1) is 37.1 Å². The van der Waals surface area contributed by atoms with Gasteiger partial charge in [0.2, 0.25) is 12.2 Å². The van der Waals surface area contributed by atoms with Crippen LogP contribution in [0.3, 0.4) is 0 Å². The van der Waals surface area contributed by atoms with Gasteiger partial charge in [0.1, 0.15) is 47.9 Å². The molecule has 3 rings (SSSR count). The number of rotatable bonds is 14. The highest BCUT2D eigenvalue weighted by molar-refractivity contribution is 5.80. The molecule has 0 aromatic carbocycles. The van der Waals surface area contributed by atoms with Gasteiger partial charge in [-0.25, -0.2) is 0 Å². The third-order valence-corrected chi connectivity index (χ3v) is 7.80. The Morgan fingerprint density at radius 3 is 2.58 bits per heavy atom. The lowest BCUT2D eigenvalue weighted by Crippen LogP contribution is -2.69. The number of nitrogens with zero attached hydrogens (tertiary/aromatic N) is 2. The summed E-state index contributed by atoms with van der Waals surface area (Å²) in [6.45, 7) is 1.64. The number of carbonyl (C=O) groups excluding carboxylic acids is 1. The molecular formula is C25H47N7O11. The number of hydrogen-bond donors (Lipinski definition) is 10. The minimum Gasteiger partial charge on any atom is -0.467 e. The van der Waals surface area contributed by atoms with Gasteiger partial charge in [-0.15, -0.1) is 4.91 Å². The molecule has 43 heavy (non-hydrogen) atoms. The second-order valence-corrected chi connectivity index (χ2v) is 11.4. The van der Waals surface area contributed by atoms with Gasteiger partial charge in [0.25, 0.3) is 0 Å². The molecule has 2 heterocycles. The van der Waals surface area contributed by atoms with E-state index in [2.05, 4.69) is 15.9 Å². The molecule has 0 unspecified atom stereocenters. The molecule has 12 atom stereocenters. The van der Waals surface area contributed by atoms with Crippen molar-refractivity contribution in [1.82, 2.24) is 15.6 Å². The molecule has 0 aromatic rings. The summed E-state index contributed by atoms with van der Waals surface area (Å²) in [5.41, 5.74) is 16.4. The van der Waals surface area contributed by atoms with Gasteiger partial charge >= 0.3 is 0 Å². The number of nitroso groups, excluding NO2 is 1. The summed E-state index contributed by atoms with van der Waals surface area (Å²) in [4.78, 5) is 24.0. The van der Waals surface area contributed by atoms with E-state index in [9.17, 15) is 30.1 Å². The maximum Gasteiger partial charge on any atom is 0.249 e. The Morgan fingerprint density at radius 1 is 1.23 bits per heavy atom. The Balaban J connectivity index is 1.82. The summed E-state index contributed by atoms with van der Waals surface area (Å²) in [5.74, 6) is -0.253. The van der Waals surface area contributed by atoms with E-state index >= 15 is 0 Å². The average Bonchev–Trinajstić information content (AvgIpc) is 2.95. The summed E-state index contributed by atoms with van der Waals surface area (Å²) < 4.78 is 23.6. The van der Waals surface area contributed by atoms with Crippen LogP contribution in [0.4, 0.5) is 0 Å². The number of ether oxygens (including phenoxy) is 4. The summed E-state index contributed by atoms with van der Waals surface area (Å²) >= 11 is 0. The number of nitrogens with one attached hydrogen (secondary N) is 2. The molecule has 1 saturated heterocycles. The number of amides is 1. The summed E-state index contributed by atoms with van der Waals surface area (Å²) in [6, 6.07) is -3.72. The molecule has 18 nitrogen and oxygen atoms in total. The third-order valence-electron chi connectivity index (χ3n) is 7.80. The van der Waals surface area contributed by atoms with Crippen molar-refractivity contribution in [3.05, 3.63) is 16.7 Å². The molecule has 3 aliphatic rings. The van der Waals surface area contributed by atoms with Gasteiger partial charge in [-0.1, -0.05) is 0 Å². The number of nitrogens with two attached hydrogens (primary N) is 3. The minimum atomic E-state index is -1.69. The van der Waals surface area contributed by atoms with Crippen molar-refractivity contribution in [1.29, 1.82) is 0 Å². The summed E-state index contributed by atoms with van der Waals surface area (Å²) in [7, 11) is 1.27. The highest BCUT2D eigenvalue weighted by Crippen LogP contribution is 2.33. The van der Waals surface area contributed by atoms with E-state index in [1.807, 2.05) is 0 Å². The van der Waals surface area contributed by atoms with Crippen LogP contribution < -0.4 is 27.8 Å². The van der Waals surface area contributed by atoms with Crippen molar-refractivity contribution in [3.8, 4) is 0 Å². The number of carbonyl (C=O) groups is 1. The van der Waals surface area contributed by atoms with Gasteiger partial charge < -0.3 is 72.3 Å². The molecule has 248 valence electrons. The molecule has 2 fully saturated rings. The quantitative estimate of drug-likeness (QED) is 0.0493.